The summed E-state index contributed by atoms with van der Waals surface area (Å²) in [4.78, 5) is 14.8. The summed E-state index contributed by atoms with van der Waals surface area (Å²) in [5.74, 6) is 1.45. The summed E-state index contributed by atoms with van der Waals surface area (Å²) in [5.41, 5.74) is 2.22. The maximum Gasteiger partial charge on any atom is 0.318 e. The number of aryl methyl sites for hydroxylation is 1. The Morgan fingerprint density at radius 1 is 1.06 bits per heavy atom. The van der Waals surface area contributed by atoms with Crippen molar-refractivity contribution in [1.82, 2.24) is 20.0 Å². The molecule has 0 bridgehead atoms. The van der Waals surface area contributed by atoms with Gasteiger partial charge in [-0.1, -0.05) is 32.0 Å². The van der Waals surface area contributed by atoms with Crippen LogP contribution in [0.5, 0.6) is 11.6 Å². The van der Waals surface area contributed by atoms with Crippen LogP contribution in [0, 0.1) is 5.82 Å². The van der Waals surface area contributed by atoms with Gasteiger partial charge in [0.2, 0.25) is 5.88 Å². The van der Waals surface area contributed by atoms with Gasteiger partial charge in [-0.25, -0.2) is 13.9 Å². The van der Waals surface area contributed by atoms with Crippen LogP contribution in [0.4, 0.5) is 9.18 Å². The smallest absolute Gasteiger partial charge is 0.318 e. The van der Waals surface area contributed by atoms with E-state index in [1.165, 1.54) is 12.1 Å². The van der Waals surface area contributed by atoms with Crippen molar-refractivity contribution in [3.63, 3.8) is 0 Å². The number of ether oxygens (including phenoxy) is 1. The molecule has 35 heavy (non-hydrogen) atoms. The van der Waals surface area contributed by atoms with Crippen molar-refractivity contribution in [3.8, 4) is 17.3 Å². The molecule has 0 saturated heterocycles. The first-order valence-electron chi connectivity index (χ1n) is 11.7. The standard InChI is InChI=1S/C27H29FN4O3/c1-3-16-29-27(33)31(18-23-11-8-17-34-23)19-24-25(4-2)30-32(21-14-12-20(28)13-15-21)26(24)35-22-9-6-5-7-10-22/h5-15,17H,3-4,16,18-19H2,1-2H3,(H,29,33). The van der Waals surface area contributed by atoms with E-state index < -0.39 is 0 Å². The van der Waals surface area contributed by atoms with E-state index in [2.05, 4.69) is 5.32 Å². The van der Waals surface area contributed by atoms with E-state index in [-0.39, 0.29) is 24.9 Å². The lowest BCUT2D eigenvalue weighted by molar-refractivity contribution is 0.186. The minimum atomic E-state index is -0.334. The predicted molar refractivity (Wildman–Crippen MR) is 131 cm³/mol. The van der Waals surface area contributed by atoms with E-state index in [0.717, 1.165) is 17.7 Å². The second-order valence-electron chi connectivity index (χ2n) is 8.05. The van der Waals surface area contributed by atoms with Gasteiger partial charge in [0.15, 0.2) is 0 Å². The van der Waals surface area contributed by atoms with E-state index in [4.69, 9.17) is 14.3 Å². The fraction of sp³-hybridized carbons (Fsp3) is 0.259. The summed E-state index contributed by atoms with van der Waals surface area (Å²) in [6.07, 6.45) is 3.04. The molecule has 0 fully saturated rings. The highest BCUT2D eigenvalue weighted by atomic mass is 19.1. The lowest BCUT2D eigenvalue weighted by Crippen LogP contribution is -2.39. The maximum atomic E-state index is 13.6. The van der Waals surface area contributed by atoms with Crippen molar-refractivity contribution >= 4 is 6.03 Å². The Morgan fingerprint density at radius 2 is 1.83 bits per heavy atom. The molecule has 2 aromatic carbocycles. The Bertz CT molecular complexity index is 1220. The highest BCUT2D eigenvalue weighted by Gasteiger charge is 2.25. The number of carbonyl (C=O) groups is 1. The molecule has 182 valence electrons. The summed E-state index contributed by atoms with van der Waals surface area (Å²) in [6, 6.07) is 18.9. The zero-order chi connectivity index (χ0) is 24.6. The summed E-state index contributed by atoms with van der Waals surface area (Å²) in [7, 11) is 0. The quantitative estimate of drug-likeness (QED) is 0.301. The van der Waals surface area contributed by atoms with Crippen molar-refractivity contribution in [2.24, 2.45) is 0 Å². The topological polar surface area (TPSA) is 72.5 Å². The minimum Gasteiger partial charge on any atom is -0.467 e. The number of nitrogens with zero attached hydrogens (tertiary/aromatic N) is 3. The van der Waals surface area contributed by atoms with Crippen molar-refractivity contribution in [2.75, 3.05) is 6.54 Å². The van der Waals surface area contributed by atoms with Crippen molar-refractivity contribution < 1.29 is 18.3 Å². The summed E-state index contributed by atoms with van der Waals surface area (Å²) in [5, 5.41) is 7.74. The van der Waals surface area contributed by atoms with Gasteiger partial charge in [0.25, 0.3) is 0 Å². The Morgan fingerprint density at radius 3 is 2.49 bits per heavy atom. The number of nitrogens with one attached hydrogen (secondary N) is 1. The number of halogens is 1. The highest BCUT2D eigenvalue weighted by molar-refractivity contribution is 5.74. The molecule has 0 aliphatic rings. The number of furan rings is 1. The first-order valence-corrected chi connectivity index (χ1v) is 11.7. The second kappa shape index (κ2) is 11.4. The van der Waals surface area contributed by atoms with Crippen molar-refractivity contribution in [1.29, 1.82) is 0 Å². The molecule has 0 radical (unpaired) electrons. The van der Waals surface area contributed by atoms with E-state index >= 15 is 0 Å². The van der Waals surface area contributed by atoms with Crippen LogP contribution in [0.3, 0.4) is 0 Å². The Labute approximate surface area is 204 Å². The molecule has 0 spiro atoms. The number of rotatable bonds is 10. The number of urea groups is 1. The Balaban J connectivity index is 1.77. The third-order valence-corrected chi connectivity index (χ3v) is 5.47. The van der Waals surface area contributed by atoms with Gasteiger partial charge in [-0.2, -0.15) is 5.10 Å². The molecule has 0 atom stereocenters. The summed E-state index contributed by atoms with van der Waals surface area (Å²) < 4.78 is 27.1. The third kappa shape index (κ3) is 5.90. The van der Waals surface area contributed by atoms with Crippen LogP contribution in [0.1, 0.15) is 37.3 Å². The van der Waals surface area contributed by atoms with E-state index in [1.807, 2.05) is 50.2 Å². The first-order chi connectivity index (χ1) is 17.1. The fourth-order valence-corrected chi connectivity index (χ4v) is 3.71. The molecule has 0 aliphatic carbocycles. The molecule has 2 amide bonds. The number of hydrogen-bond acceptors (Lipinski definition) is 4. The van der Waals surface area contributed by atoms with Crippen LogP contribution < -0.4 is 10.1 Å². The van der Waals surface area contributed by atoms with Gasteiger partial charge in [-0.05, 0) is 61.4 Å². The molecule has 2 aromatic heterocycles. The number of carbonyl (C=O) groups excluding carboxylic acids is 1. The van der Waals surface area contributed by atoms with Crippen LogP contribution in [-0.4, -0.2) is 27.3 Å². The Hall–Kier alpha value is -4.07. The number of aromatic nitrogens is 2. The first kappa shape index (κ1) is 24.1. The summed E-state index contributed by atoms with van der Waals surface area (Å²) in [6.45, 7) is 5.11. The molecule has 0 aliphatic heterocycles. The van der Waals surface area contributed by atoms with Gasteiger partial charge in [-0.15, -0.1) is 0 Å². The van der Waals surface area contributed by atoms with Gasteiger partial charge in [-0.3, -0.25) is 0 Å². The Kier molecular flexibility index (Phi) is 7.82. The average molecular weight is 477 g/mol. The zero-order valence-corrected chi connectivity index (χ0v) is 19.9. The summed E-state index contributed by atoms with van der Waals surface area (Å²) >= 11 is 0. The van der Waals surface area contributed by atoms with Gasteiger partial charge in [0.05, 0.1) is 36.3 Å². The van der Waals surface area contributed by atoms with E-state index in [0.29, 0.717) is 36.0 Å². The second-order valence-corrected chi connectivity index (χ2v) is 8.05. The molecule has 2 heterocycles. The minimum absolute atomic E-state index is 0.203. The van der Waals surface area contributed by atoms with Crippen molar-refractivity contribution in [2.45, 2.75) is 39.8 Å². The molecule has 8 heteroatoms. The van der Waals surface area contributed by atoms with Crippen LogP contribution in [0.25, 0.3) is 5.69 Å². The molecular weight excluding hydrogens is 447 g/mol. The number of benzene rings is 2. The van der Waals surface area contributed by atoms with Crippen LogP contribution in [0.2, 0.25) is 0 Å². The lowest BCUT2D eigenvalue weighted by atomic mass is 10.2. The largest absolute Gasteiger partial charge is 0.467 e. The predicted octanol–water partition coefficient (Wildman–Crippen LogP) is 6.08. The van der Waals surface area contributed by atoms with Gasteiger partial charge in [0, 0.05) is 6.54 Å². The molecule has 0 saturated carbocycles. The molecule has 4 rings (SSSR count). The molecule has 7 nitrogen and oxygen atoms in total. The van der Waals surface area contributed by atoms with Crippen LogP contribution >= 0.6 is 0 Å². The third-order valence-electron chi connectivity index (χ3n) is 5.47. The molecule has 1 N–H and O–H groups in total. The van der Waals surface area contributed by atoms with Crippen molar-refractivity contribution in [3.05, 3.63) is 95.8 Å². The fourth-order valence-electron chi connectivity index (χ4n) is 3.71. The van der Waals surface area contributed by atoms with Gasteiger partial charge in [0.1, 0.15) is 17.3 Å². The monoisotopic (exact) mass is 476 g/mol. The van der Waals surface area contributed by atoms with E-state index in [9.17, 15) is 9.18 Å². The maximum absolute atomic E-state index is 13.6. The average Bonchev–Trinajstić information content (AvgIpc) is 3.51. The normalized spacial score (nSPS) is 10.8. The zero-order valence-electron chi connectivity index (χ0n) is 19.9. The van der Waals surface area contributed by atoms with Gasteiger partial charge >= 0.3 is 6.03 Å². The number of hydrogen-bond donors (Lipinski definition) is 1. The van der Waals surface area contributed by atoms with E-state index in [1.54, 1.807) is 34.0 Å². The SMILES string of the molecule is CCCNC(=O)N(Cc1ccco1)Cc1c(CC)nn(-c2ccc(F)cc2)c1Oc1ccccc1. The lowest BCUT2D eigenvalue weighted by Gasteiger charge is -2.23. The van der Waals surface area contributed by atoms with Gasteiger partial charge < -0.3 is 19.4 Å². The number of amides is 2. The molecule has 4 aromatic rings. The highest BCUT2D eigenvalue weighted by Crippen LogP contribution is 2.32. The molecular formula is C27H29FN4O3. The number of para-hydroxylation sites is 1. The molecule has 0 unspecified atom stereocenters. The van der Waals surface area contributed by atoms with Crippen LogP contribution in [0.15, 0.2) is 77.4 Å². The van der Waals surface area contributed by atoms with Crippen LogP contribution in [-0.2, 0) is 19.5 Å².